The highest BCUT2D eigenvalue weighted by Crippen LogP contribution is 2.10. The van der Waals surface area contributed by atoms with E-state index in [1.807, 2.05) is 30.0 Å². The largest absolute Gasteiger partial charge is 0.299 e. The lowest BCUT2D eigenvalue weighted by Crippen LogP contribution is -2.30. The molecule has 0 saturated carbocycles. The molecule has 16 heavy (non-hydrogen) atoms. The summed E-state index contributed by atoms with van der Waals surface area (Å²) < 4.78 is 0. The van der Waals surface area contributed by atoms with Crippen molar-refractivity contribution in [1.82, 2.24) is 4.90 Å². The Bertz CT molecular complexity index is 370. The first-order chi connectivity index (χ1) is 7.67. The van der Waals surface area contributed by atoms with E-state index in [9.17, 15) is 0 Å². The van der Waals surface area contributed by atoms with E-state index in [2.05, 4.69) is 37.3 Å². The number of rotatable bonds is 5. The van der Waals surface area contributed by atoms with E-state index in [0.717, 1.165) is 17.9 Å². The fraction of sp³-hybridized carbons (Fsp3) is 0.462. The highest BCUT2D eigenvalue weighted by molar-refractivity contribution is 7.98. The van der Waals surface area contributed by atoms with Crippen molar-refractivity contribution < 1.29 is 0 Å². The molecule has 1 rings (SSSR count). The third kappa shape index (κ3) is 3.88. The third-order valence-corrected chi connectivity index (χ3v) is 3.46. The Labute approximate surface area is 102 Å². The van der Waals surface area contributed by atoms with Crippen LogP contribution in [0.2, 0.25) is 0 Å². The Morgan fingerprint density at radius 1 is 1.50 bits per heavy atom. The Balaban J connectivity index is 2.62. The second-order valence-corrected chi connectivity index (χ2v) is 4.94. The van der Waals surface area contributed by atoms with Gasteiger partial charge in [-0.3, -0.25) is 4.90 Å². The molecule has 1 atom stereocenters. The lowest BCUT2D eigenvalue weighted by atomic mass is 10.1. The lowest BCUT2D eigenvalue weighted by Gasteiger charge is -2.24. The standard InChI is InChI=1S/C13H18N2S/c1-11(10-16-3)15(2)9-13-6-4-5-12(7-13)8-14/h4-7,11H,9-10H2,1-3H3. The van der Waals surface area contributed by atoms with E-state index >= 15 is 0 Å². The highest BCUT2D eigenvalue weighted by Gasteiger charge is 2.08. The van der Waals surface area contributed by atoms with Crippen LogP contribution in [0.3, 0.4) is 0 Å². The molecule has 0 aromatic heterocycles. The van der Waals surface area contributed by atoms with E-state index in [1.54, 1.807) is 0 Å². The van der Waals surface area contributed by atoms with E-state index in [0.29, 0.717) is 6.04 Å². The predicted molar refractivity (Wildman–Crippen MR) is 70.5 cm³/mol. The van der Waals surface area contributed by atoms with Crippen molar-refractivity contribution >= 4 is 11.8 Å². The number of hydrogen-bond donors (Lipinski definition) is 0. The van der Waals surface area contributed by atoms with E-state index in [-0.39, 0.29) is 0 Å². The number of nitriles is 1. The number of benzene rings is 1. The maximum absolute atomic E-state index is 8.82. The van der Waals surface area contributed by atoms with Crippen LogP contribution in [-0.4, -0.2) is 30.0 Å². The van der Waals surface area contributed by atoms with Gasteiger partial charge in [0.1, 0.15) is 0 Å². The van der Waals surface area contributed by atoms with Crippen LogP contribution < -0.4 is 0 Å². The molecule has 1 aromatic carbocycles. The average molecular weight is 234 g/mol. The van der Waals surface area contributed by atoms with E-state index in [4.69, 9.17) is 5.26 Å². The van der Waals surface area contributed by atoms with Crippen molar-refractivity contribution in [3.8, 4) is 6.07 Å². The van der Waals surface area contributed by atoms with Crippen LogP contribution in [0.5, 0.6) is 0 Å². The minimum absolute atomic E-state index is 0.556. The maximum atomic E-state index is 8.82. The van der Waals surface area contributed by atoms with Crippen molar-refractivity contribution in [2.75, 3.05) is 19.1 Å². The molecule has 0 fully saturated rings. The van der Waals surface area contributed by atoms with Gasteiger partial charge in [-0.2, -0.15) is 17.0 Å². The van der Waals surface area contributed by atoms with Crippen molar-refractivity contribution in [2.24, 2.45) is 0 Å². The molecule has 0 radical (unpaired) electrons. The normalized spacial score (nSPS) is 12.4. The second-order valence-electron chi connectivity index (χ2n) is 4.03. The first-order valence-electron chi connectivity index (χ1n) is 5.35. The summed E-state index contributed by atoms with van der Waals surface area (Å²) in [5.41, 5.74) is 1.94. The molecule has 0 aliphatic rings. The van der Waals surface area contributed by atoms with Crippen LogP contribution in [0.1, 0.15) is 18.1 Å². The molecule has 3 heteroatoms. The fourth-order valence-electron chi connectivity index (χ4n) is 1.55. The maximum Gasteiger partial charge on any atom is 0.0991 e. The molecular weight excluding hydrogens is 216 g/mol. The van der Waals surface area contributed by atoms with Crippen LogP contribution in [0.15, 0.2) is 24.3 Å². The molecule has 1 aromatic rings. The van der Waals surface area contributed by atoms with Gasteiger partial charge >= 0.3 is 0 Å². The summed E-state index contributed by atoms with van der Waals surface area (Å²) >= 11 is 1.86. The van der Waals surface area contributed by atoms with Gasteiger partial charge in [0.25, 0.3) is 0 Å². The van der Waals surface area contributed by atoms with Gasteiger partial charge in [-0.1, -0.05) is 12.1 Å². The Hall–Kier alpha value is -0.980. The zero-order chi connectivity index (χ0) is 12.0. The molecule has 86 valence electrons. The van der Waals surface area contributed by atoms with Gasteiger partial charge in [0.2, 0.25) is 0 Å². The summed E-state index contributed by atoms with van der Waals surface area (Å²) in [6.45, 7) is 3.13. The zero-order valence-corrected chi connectivity index (χ0v) is 10.9. The van der Waals surface area contributed by atoms with Crippen LogP contribution >= 0.6 is 11.8 Å². The molecular formula is C13H18N2S. The van der Waals surface area contributed by atoms with Crippen LogP contribution in [0.4, 0.5) is 0 Å². The van der Waals surface area contributed by atoms with Gasteiger partial charge in [0.15, 0.2) is 0 Å². The molecule has 1 unspecified atom stereocenters. The average Bonchev–Trinajstić information content (AvgIpc) is 2.29. The van der Waals surface area contributed by atoms with E-state index < -0.39 is 0 Å². The smallest absolute Gasteiger partial charge is 0.0991 e. The molecule has 0 saturated heterocycles. The van der Waals surface area contributed by atoms with Crippen molar-refractivity contribution in [3.63, 3.8) is 0 Å². The van der Waals surface area contributed by atoms with E-state index in [1.165, 1.54) is 5.56 Å². The first-order valence-corrected chi connectivity index (χ1v) is 6.75. The molecule has 2 nitrogen and oxygen atoms in total. The molecule has 0 aliphatic heterocycles. The molecule has 0 aliphatic carbocycles. The van der Waals surface area contributed by atoms with Gasteiger partial charge in [0, 0.05) is 18.3 Å². The van der Waals surface area contributed by atoms with Gasteiger partial charge in [-0.25, -0.2) is 0 Å². The van der Waals surface area contributed by atoms with Crippen molar-refractivity contribution in [2.45, 2.75) is 19.5 Å². The summed E-state index contributed by atoms with van der Waals surface area (Å²) in [7, 11) is 2.12. The number of thioether (sulfide) groups is 1. The Morgan fingerprint density at radius 2 is 2.25 bits per heavy atom. The lowest BCUT2D eigenvalue weighted by molar-refractivity contribution is 0.270. The third-order valence-electron chi connectivity index (χ3n) is 2.65. The number of nitrogens with zero attached hydrogens (tertiary/aromatic N) is 2. The minimum atomic E-state index is 0.556. The summed E-state index contributed by atoms with van der Waals surface area (Å²) in [6.07, 6.45) is 2.13. The highest BCUT2D eigenvalue weighted by atomic mass is 32.2. The molecule has 0 bridgehead atoms. The first kappa shape index (κ1) is 13.1. The minimum Gasteiger partial charge on any atom is -0.299 e. The zero-order valence-electron chi connectivity index (χ0n) is 10.1. The Morgan fingerprint density at radius 3 is 2.88 bits per heavy atom. The van der Waals surface area contributed by atoms with Crippen LogP contribution in [-0.2, 0) is 6.54 Å². The summed E-state index contributed by atoms with van der Waals surface area (Å²) in [6, 6.07) is 10.5. The van der Waals surface area contributed by atoms with Gasteiger partial charge in [0.05, 0.1) is 11.6 Å². The van der Waals surface area contributed by atoms with Gasteiger partial charge < -0.3 is 0 Å². The molecule has 0 heterocycles. The second kappa shape index (κ2) is 6.57. The van der Waals surface area contributed by atoms with Crippen LogP contribution in [0, 0.1) is 11.3 Å². The SMILES string of the molecule is CSCC(C)N(C)Cc1cccc(C#N)c1. The topological polar surface area (TPSA) is 27.0 Å². The monoisotopic (exact) mass is 234 g/mol. The number of hydrogen-bond acceptors (Lipinski definition) is 3. The molecule has 0 amide bonds. The quantitative estimate of drug-likeness (QED) is 0.784. The van der Waals surface area contributed by atoms with Crippen molar-refractivity contribution in [1.29, 1.82) is 5.26 Å². The summed E-state index contributed by atoms with van der Waals surface area (Å²) in [5, 5.41) is 8.82. The predicted octanol–water partition coefficient (Wildman–Crippen LogP) is 2.74. The van der Waals surface area contributed by atoms with Gasteiger partial charge in [-0.05, 0) is 37.9 Å². The Kier molecular flexibility index (Phi) is 5.37. The molecule has 0 N–H and O–H groups in total. The fourth-order valence-corrected chi connectivity index (χ4v) is 2.29. The van der Waals surface area contributed by atoms with Crippen molar-refractivity contribution in [3.05, 3.63) is 35.4 Å². The summed E-state index contributed by atoms with van der Waals surface area (Å²) in [4.78, 5) is 2.31. The van der Waals surface area contributed by atoms with Gasteiger partial charge in [-0.15, -0.1) is 0 Å². The van der Waals surface area contributed by atoms with Crippen LogP contribution in [0.25, 0.3) is 0 Å². The summed E-state index contributed by atoms with van der Waals surface area (Å²) in [5.74, 6) is 1.13. The molecule has 0 spiro atoms.